The first-order valence-electron chi connectivity index (χ1n) is 5.33. The van der Waals surface area contributed by atoms with Crippen LogP contribution >= 0.6 is 12.2 Å². The van der Waals surface area contributed by atoms with Crippen molar-refractivity contribution in [3.63, 3.8) is 0 Å². The summed E-state index contributed by atoms with van der Waals surface area (Å²) >= 11 is 5.28. The molecule has 0 amide bonds. The number of hydrogen-bond donors (Lipinski definition) is 1. The van der Waals surface area contributed by atoms with Crippen LogP contribution in [0.1, 0.15) is 13.3 Å². The summed E-state index contributed by atoms with van der Waals surface area (Å²) in [6, 6.07) is 7.73. The second kappa shape index (κ2) is 6.33. The van der Waals surface area contributed by atoms with Crippen LogP contribution in [0, 0.1) is 0 Å². The van der Waals surface area contributed by atoms with Crippen LogP contribution < -0.4 is 10.1 Å². The molecule has 3 nitrogen and oxygen atoms in total. The Morgan fingerprint density at radius 1 is 1.50 bits per heavy atom. The van der Waals surface area contributed by atoms with Crippen LogP contribution in [-0.4, -0.2) is 30.7 Å². The zero-order valence-electron chi connectivity index (χ0n) is 9.99. The molecule has 0 unspecified atom stereocenters. The van der Waals surface area contributed by atoms with Gasteiger partial charge in [0, 0.05) is 25.3 Å². The summed E-state index contributed by atoms with van der Waals surface area (Å²) in [7, 11) is 3.64. The molecule has 88 valence electrons. The largest absolute Gasteiger partial charge is 0.497 e. The van der Waals surface area contributed by atoms with E-state index in [0.717, 1.165) is 29.5 Å². The van der Waals surface area contributed by atoms with Gasteiger partial charge in [0.2, 0.25) is 0 Å². The number of methoxy groups -OCH3 is 1. The van der Waals surface area contributed by atoms with E-state index in [-0.39, 0.29) is 0 Å². The molecule has 0 aliphatic carbocycles. The van der Waals surface area contributed by atoms with E-state index < -0.39 is 0 Å². The summed E-state index contributed by atoms with van der Waals surface area (Å²) in [5.74, 6) is 0.825. The van der Waals surface area contributed by atoms with Gasteiger partial charge in [-0.3, -0.25) is 0 Å². The third-order valence-electron chi connectivity index (χ3n) is 2.23. The van der Waals surface area contributed by atoms with E-state index in [9.17, 15) is 0 Å². The Labute approximate surface area is 102 Å². The molecule has 0 heterocycles. The number of rotatable bonds is 4. The zero-order valence-corrected chi connectivity index (χ0v) is 10.8. The van der Waals surface area contributed by atoms with Gasteiger partial charge in [-0.1, -0.05) is 13.0 Å². The molecule has 16 heavy (non-hydrogen) atoms. The molecule has 1 aromatic carbocycles. The molecule has 4 heteroatoms. The second-order valence-corrected chi connectivity index (χ2v) is 3.97. The Balaban J connectivity index is 2.61. The van der Waals surface area contributed by atoms with E-state index in [4.69, 9.17) is 17.0 Å². The molecular formula is C12H18N2OS. The van der Waals surface area contributed by atoms with Crippen LogP contribution in [0.25, 0.3) is 0 Å². The van der Waals surface area contributed by atoms with Gasteiger partial charge in [0.15, 0.2) is 5.11 Å². The second-order valence-electron chi connectivity index (χ2n) is 3.58. The van der Waals surface area contributed by atoms with E-state index >= 15 is 0 Å². The third-order valence-corrected chi connectivity index (χ3v) is 2.64. The van der Waals surface area contributed by atoms with Crippen molar-refractivity contribution in [1.82, 2.24) is 4.90 Å². The lowest BCUT2D eigenvalue weighted by molar-refractivity contribution is 0.415. The van der Waals surface area contributed by atoms with Crippen molar-refractivity contribution in [2.45, 2.75) is 13.3 Å². The van der Waals surface area contributed by atoms with Gasteiger partial charge in [0.05, 0.1) is 7.11 Å². The third kappa shape index (κ3) is 3.70. The number of ether oxygens (including phenoxy) is 1. The summed E-state index contributed by atoms with van der Waals surface area (Å²) in [5.41, 5.74) is 0.951. The van der Waals surface area contributed by atoms with Gasteiger partial charge in [0.1, 0.15) is 5.75 Å². The minimum Gasteiger partial charge on any atom is -0.497 e. The highest BCUT2D eigenvalue weighted by molar-refractivity contribution is 7.80. The predicted molar refractivity (Wildman–Crippen MR) is 72.1 cm³/mol. The first-order valence-corrected chi connectivity index (χ1v) is 5.74. The average Bonchev–Trinajstić information content (AvgIpc) is 2.29. The van der Waals surface area contributed by atoms with E-state index in [2.05, 4.69) is 12.2 Å². The number of anilines is 1. The molecule has 0 bridgehead atoms. The number of nitrogens with one attached hydrogen (secondary N) is 1. The van der Waals surface area contributed by atoms with Crippen molar-refractivity contribution in [2.24, 2.45) is 0 Å². The van der Waals surface area contributed by atoms with Gasteiger partial charge in [0.25, 0.3) is 0 Å². The van der Waals surface area contributed by atoms with Gasteiger partial charge < -0.3 is 15.0 Å². The van der Waals surface area contributed by atoms with E-state index in [1.807, 2.05) is 36.2 Å². The smallest absolute Gasteiger partial charge is 0.173 e. The minimum absolute atomic E-state index is 0.732. The van der Waals surface area contributed by atoms with Crippen molar-refractivity contribution in [3.8, 4) is 5.75 Å². The Kier molecular flexibility index (Phi) is 5.05. The van der Waals surface area contributed by atoms with Crippen molar-refractivity contribution in [2.75, 3.05) is 26.0 Å². The van der Waals surface area contributed by atoms with Gasteiger partial charge in [-0.05, 0) is 30.8 Å². The lowest BCUT2D eigenvalue weighted by Crippen LogP contribution is -2.31. The molecule has 0 fully saturated rings. The summed E-state index contributed by atoms with van der Waals surface area (Å²) in [6.45, 7) is 3.08. The first kappa shape index (κ1) is 12.8. The predicted octanol–water partition coefficient (Wildman–Crippen LogP) is 2.73. The molecule has 1 rings (SSSR count). The van der Waals surface area contributed by atoms with Crippen LogP contribution in [-0.2, 0) is 0 Å². The maximum Gasteiger partial charge on any atom is 0.173 e. The molecule has 0 spiro atoms. The van der Waals surface area contributed by atoms with Crippen molar-refractivity contribution < 1.29 is 4.74 Å². The van der Waals surface area contributed by atoms with Crippen LogP contribution in [0.4, 0.5) is 5.69 Å². The van der Waals surface area contributed by atoms with Crippen LogP contribution in [0.15, 0.2) is 24.3 Å². The number of nitrogens with zero attached hydrogens (tertiary/aromatic N) is 1. The van der Waals surface area contributed by atoms with Crippen LogP contribution in [0.5, 0.6) is 5.75 Å². The van der Waals surface area contributed by atoms with E-state index in [1.54, 1.807) is 7.11 Å². The van der Waals surface area contributed by atoms with Gasteiger partial charge in [-0.2, -0.15) is 0 Å². The van der Waals surface area contributed by atoms with E-state index in [1.165, 1.54) is 0 Å². The maximum absolute atomic E-state index is 5.28. The lowest BCUT2D eigenvalue weighted by atomic mass is 10.3. The fourth-order valence-electron chi connectivity index (χ4n) is 1.36. The molecule has 0 saturated carbocycles. The van der Waals surface area contributed by atoms with Crippen molar-refractivity contribution >= 4 is 23.0 Å². The van der Waals surface area contributed by atoms with Crippen LogP contribution in [0.3, 0.4) is 0 Å². The molecule has 0 radical (unpaired) electrons. The molecule has 0 aromatic heterocycles. The SMILES string of the molecule is CCCN(C)C(=S)Nc1cccc(OC)c1. The summed E-state index contributed by atoms with van der Waals surface area (Å²) in [6.07, 6.45) is 1.08. The Morgan fingerprint density at radius 2 is 2.25 bits per heavy atom. The topological polar surface area (TPSA) is 24.5 Å². The molecule has 0 aliphatic heterocycles. The summed E-state index contributed by atoms with van der Waals surface area (Å²) in [4.78, 5) is 2.02. The maximum atomic E-state index is 5.28. The molecule has 0 atom stereocenters. The normalized spacial score (nSPS) is 9.69. The molecule has 1 N–H and O–H groups in total. The quantitative estimate of drug-likeness (QED) is 0.815. The monoisotopic (exact) mass is 238 g/mol. The average molecular weight is 238 g/mol. The lowest BCUT2D eigenvalue weighted by Gasteiger charge is -2.20. The standard InChI is InChI=1S/C12H18N2OS/c1-4-8-14(2)12(16)13-10-6-5-7-11(9-10)15-3/h5-7,9H,4,8H2,1-3H3,(H,13,16). The summed E-state index contributed by atoms with van der Waals surface area (Å²) in [5, 5.41) is 3.91. The molecule has 1 aromatic rings. The minimum atomic E-state index is 0.732. The van der Waals surface area contributed by atoms with Crippen molar-refractivity contribution in [1.29, 1.82) is 0 Å². The highest BCUT2D eigenvalue weighted by Gasteiger charge is 2.03. The fourth-order valence-corrected chi connectivity index (χ4v) is 1.57. The first-order chi connectivity index (χ1) is 7.67. The highest BCUT2D eigenvalue weighted by atomic mass is 32.1. The number of benzene rings is 1. The van der Waals surface area contributed by atoms with Gasteiger partial charge in [-0.15, -0.1) is 0 Å². The summed E-state index contributed by atoms with van der Waals surface area (Å²) < 4.78 is 5.15. The highest BCUT2D eigenvalue weighted by Crippen LogP contribution is 2.16. The Morgan fingerprint density at radius 3 is 2.88 bits per heavy atom. The Bertz CT molecular complexity index is 355. The van der Waals surface area contributed by atoms with Gasteiger partial charge >= 0.3 is 0 Å². The number of thiocarbonyl (C=S) groups is 1. The van der Waals surface area contributed by atoms with Gasteiger partial charge in [-0.25, -0.2) is 0 Å². The molecular weight excluding hydrogens is 220 g/mol. The zero-order chi connectivity index (χ0) is 12.0. The van der Waals surface area contributed by atoms with E-state index in [0.29, 0.717) is 0 Å². The number of hydrogen-bond acceptors (Lipinski definition) is 2. The Hall–Kier alpha value is -1.29. The van der Waals surface area contributed by atoms with Crippen molar-refractivity contribution in [3.05, 3.63) is 24.3 Å². The fraction of sp³-hybridized carbons (Fsp3) is 0.417. The molecule has 0 aliphatic rings. The van der Waals surface area contributed by atoms with Crippen LogP contribution in [0.2, 0.25) is 0 Å². The molecule has 0 saturated heterocycles.